The van der Waals surface area contributed by atoms with Gasteiger partial charge in [-0.05, 0) is 24.0 Å². The second-order valence-corrected chi connectivity index (χ2v) is 6.71. The van der Waals surface area contributed by atoms with Crippen LogP contribution in [0, 0.1) is 5.41 Å². The third-order valence-electron chi connectivity index (χ3n) is 3.05. The summed E-state index contributed by atoms with van der Waals surface area (Å²) in [6.07, 6.45) is 0.493. The van der Waals surface area contributed by atoms with Crippen LogP contribution in [-0.4, -0.2) is 30.3 Å². The lowest BCUT2D eigenvalue weighted by molar-refractivity contribution is -0.124. The fourth-order valence-corrected chi connectivity index (χ4v) is 2.15. The van der Waals surface area contributed by atoms with E-state index in [1.54, 1.807) is 18.2 Å². The number of benzene rings is 1. The molecule has 1 aromatic rings. The van der Waals surface area contributed by atoms with Crippen molar-refractivity contribution < 1.29 is 14.6 Å². The molecule has 1 unspecified atom stereocenters. The lowest BCUT2D eigenvalue weighted by atomic mass is 9.85. The molecule has 0 saturated carbocycles. The van der Waals surface area contributed by atoms with Crippen molar-refractivity contribution in [2.75, 3.05) is 13.2 Å². The molecule has 2 N–H and O–H groups in total. The van der Waals surface area contributed by atoms with E-state index in [1.165, 1.54) is 0 Å². The quantitative estimate of drug-likeness (QED) is 0.839. The summed E-state index contributed by atoms with van der Waals surface area (Å²) in [5.74, 6) is 0.105. The highest BCUT2D eigenvalue weighted by Gasteiger charge is 2.25. The summed E-state index contributed by atoms with van der Waals surface area (Å²) in [6, 6.07) is 4.69. The summed E-state index contributed by atoms with van der Waals surface area (Å²) in [6.45, 7) is 5.87. The number of carbonyl (C=O) groups is 1. The van der Waals surface area contributed by atoms with E-state index in [4.69, 9.17) is 33.0 Å². The van der Waals surface area contributed by atoms with Gasteiger partial charge in [0, 0.05) is 23.7 Å². The molecule has 0 aromatic heterocycles. The van der Waals surface area contributed by atoms with Gasteiger partial charge in [0.2, 0.25) is 0 Å². The molecule has 0 spiro atoms. The maximum Gasteiger partial charge on any atom is 0.258 e. The van der Waals surface area contributed by atoms with Crippen LogP contribution in [0.5, 0.6) is 5.75 Å². The van der Waals surface area contributed by atoms with Gasteiger partial charge in [-0.25, -0.2) is 0 Å². The van der Waals surface area contributed by atoms with Crippen molar-refractivity contribution in [1.29, 1.82) is 0 Å². The largest absolute Gasteiger partial charge is 0.482 e. The molecule has 0 aliphatic rings. The number of nitrogens with one attached hydrogen (secondary N) is 1. The van der Waals surface area contributed by atoms with Crippen LogP contribution in [0.1, 0.15) is 27.2 Å². The van der Waals surface area contributed by atoms with Gasteiger partial charge in [-0.15, -0.1) is 0 Å². The summed E-state index contributed by atoms with van der Waals surface area (Å²) in [5, 5.41) is 12.8. The minimum atomic E-state index is -0.264. The van der Waals surface area contributed by atoms with Gasteiger partial charge in [-0.2, -0.15) is 0 Å². The van der Waals surface area contributed by atoms with E-state index in [0.717, 1.165) is 0 Å². The highest BCUT2D eigenvalue weighted by Crippen LogP contribution is 2.27. The number of hydrogen-bond acceptors (Lipinski definition) is 3. The maximum absolute atomic E-state index is 12.0. The highest BCUT2D eigenvalue weighted by molar-refractivity contribution is 6.34. The zero-order valence-corrected chi connectivity index (χ0v) is 14.0. The Kier molecular flexibility index (Phi) is 6.78. The van der Waals surface area contributed by atoms with Crippen molar-refractivity contribution >= 4 is 29.1 Å². The molecule has 1 amide bonds. The first-order valence-electron chi connectivity index (χ1n) is 6.72. The average molecular weight is 334 g/mol. The predicted molar refractivity (Wildman–Crippen MR) is 85.0 cm³/mol. The summed E-state index contributed by atoms with van der Waals surface area (Å²) in [5.41, 5.74) is -0.147. The summed E-state index contributed by atoms with van der Waals surface area (Å²) < 4.78 is 5.38. The van der Waals surface area contributed by atoms with E-state index in [-0.39, 0.29) is 30.6 Å². The average Bonchev–Trinajstić information content (AvgIpc) is 2.38. The Bertz CT molecular complexity index is 486. The molecular formula is C15H21Cl2NO3. The van der Waals surface area contributed by atoms with Gasteiger partial charge >= 0.3 is 0 Å². The van der Waals surface area contributed by atoms with Crippen molar-refractivity contribution in [3.8, 4) is 5.75 Å². The van der Waals surface area contributed by atoms with E-state index < -0.39 is 0 Å². The van der Waals surface area contributed by atoms with Crippen molar-refractivity contribution in [2.45, 2.75) is 33.2 Å². The number of carbonyl (C=O) groups excluding carboxylic acids is 1. The van der Waals surface area contributed by atoms with Crippen LogP contribution in [0.3, 0.4) is 0 Å². The first kappa shape index (κ1) is 18.1. The Labute approximate surface area is 135 Å². The maximum atomic E-state index is 12.0. The first-order valence-corrected chi connectivity index (χ1v) is 7.47. The van der Waals surface area contributed by atoms with Crippen LogP contribution in [0.15, 0.2) is 18.2 Å². The molecule has 4 nitrogen and oxygen atoms in total. The normalized spacial score (nSPS) is 12.9. The van der Waals surface area contributed by atoms with E-state index >= 15 is 0 Å². The Balaban J connectivity index is 2.59. The number of aliphatic hydroxyl groups is 1. The molecule has 0 bridgehead atoms. The van der Waals surface area contributed by atoms with Crippen molar-refractivity contribution in [3.05, 3.63) is 28.2 Å². The van der Waals surface area contributed by atoms with E-state index in [2.05, 4.69) is 5.32 Å². The molecule has 0 heterocycles. The van der Waals surface area contributed by atoms with Gasteiger partial charge in [-0.1, -0.05) is 44.0 Å². The van der Waals surface area contributed by atoms with E-state index in [1.807, 2.05) is 20.8 Å². The van der Waals surface area contributed by atoms with Crippen LogP contribution >= 0.6 is 23.2 Å². The Morgan fingerprint density at radius 3 is 2.62 bits per heavy atom. The number of halogens is 2. The molecule has 1 rings (SSSR count). The van der Waals surface area contributed by atoms with Crippen molar-refractivity contribution in [1.82, 2.24) is 5.32 Å². The van der Waals surface area contributed by atoms with Gasteiger partial charge in [0.15, 0.2) is 6.61 Å². The molecule has 1 atom stereocenters. The highest BCUT2D eigenvalue weighted by atomic mass is 35.5. The van der Waals surface area contributed by atoms with Gasteiger partial charge in [-0.3, -0.25) is 4.79 Å². The van der Waals surface area contributed by atoms with Crippen LogP contribution in [0.25, 0.3) is 0 Å². The summed E-state index contributed by atoms with van der Waals surface area (Å²) >= 11 is 11.8. The molecule has 0 aliphatic carbocycles. The van der Waals surface area contributed by atoms with Gasteiger partial charge in [0.1, 0.15) is 5.75 Å². The number of aliphatic hydroxyl groups excluding tert-OH is 1. The molecule has 0 saturated heterocycles. The van der Waals surface area contributed by atoms with Crippen molar-refractivity contribution in [2.24, 2.45) is 5.41 Å². The van der Waals surface area contributed by atoms with Crippen LogP contribution < -0.4 is 10.1 Å². The fourth-order valence-electron chi connectivity index (χ4n) is 1.82. The standard InChI is InChI=1S/C15H21Cl2NO3/c1-15(2,3)13(6-7-19)18-14(20)9-21-12-8-10(16)4-5-11(12)17/h4-5,8,13,19H,6-7,9H2,1-3H3,(H,18,20). The molecule has 118 valence electrons. The van der Waals surface area contributed by atoms with E-state index in [9.17, 15) is 4.79 Å². The Morgan fingerprint density at radius 2 is 2.05 bits per heavy atom. The smallest absolute Gasteiger partial charge is 0.258 e. The number of ether oxygens (including phenoxy) is 1. The minimum absolute atomic E-state index is 0.0171. The first-order chi connectivity index (χ1) is 9.74. The SMILES string of the molecule is CC(C)(C)C(CCO)NC(=O)COc1cc(Cl)ccc1Cl. The second-order valence-electron chi connectivity index (χ2n) is 5.86. The number of hydrogen-bond donors (Lipinski definition) is 2. The minimum Gasteiger partial charge on any atom is -0.482 e. The van der Waals surface area contributed by atoms with Crippen LogP contribution in [-0.2, 0) is 4.79 Å². The number of amides is 1. The molecule has 21 heavy (non-hydrogen) atoms. The van der Waals surface area contributed by atoms with Crippen LogP contribution in [0.4, 0.5) is 0 Å². The molecule has 0 fully saturated rings. The second kappa shape index (κ2) is 7.87. The monoisotopic (exact) mass is 333 g/mol. The van der Waals surface area contributed by atoms with Gasteiger partial charge in [0.25, 0.3) is 5.91 Å². The molecule has 6 heteroatoms. The fraction of sp³-hybridized carbons (Fsp3) is 0.533. The van der Waals surface area contributed by atoms with Crippen LogP contribution in [0.2, 0.25) is 10.0 Å². The van der Waals surface area contributed by atoms with Gasteiger partial charge < -0.3 is 15.2 Å². The Morgan fingerprint density at radius 1 is 1.38 bits per heavy atom. The number of rotatable bonds is 6. The molecule has 0 aliphatic heterocycles. The lowest BCUT2D eigenvalue weighted by Crippen LogP contribution is -2.46. The van der Waals surface area contributed by atoms with Crippen molar-refractivity contribution in [3.63, 3.8) is 0 Å². The van der Waals surface area contributed by atoms with Gasteiger partial charge in [0.05, 0.1) is 5.02 Å². The predicted octanol–water partition coefficient (Wildman–Crippen LogP) is 3.29. The molecule has 1 aromatic carbocycles. The summed E-state index contributed by atoms with van der Waals surface area (Å²) in [4.78, 5) is 12.0. The topological polar surface area (TPSA) is 58.6 Å². The summed E-state index contributed by atoms with van der Waals surface area (Å²) in [7, 11) is 0. The zero-order valence-electron chi connectivity index (χ0n) is 12.5. The zero-order chi connectivity index (χ0) is 16.0. The van der Waals surface area contributed by atoms with E-state index in [0.29, 0.717) is 22.2 Å². The molecular weight excluding hydrogens is 313 g/mol. The third-order valence-corrected chi connectivity index (χ3v) is 3.60. The molecule has 0 radical (unpaired) electrons. The Hall–Kier alpha value is -0.970. The lowest BCUT2D eigenvalue weighted by Gasteiger charge is -2.31. The third kappa shape index (κ3) is 6.12.